The molecule has 0 aliphatic heterocycles. The number of methoxy groups -OCH3 is 1. The number of hydrogen-bond acceptors (Lipinski definition) is 5. The summed E-state index contributed by atoms with van der Waals surface area (Å²) in [6, 6.07) is 19.4. The van der Waals surface area contributed by atoms with Crippen molar-refractivity contribution in [3.63, 3.8) is 0 Å². The Bertz CT molecular complexity index is 1090. The third kappa shape index (κ3) is 5.40. The standard InChI is InChI=1S/C24H23N3O2S/c1-16-4-5-17(2)22(14-16)26-23(28)12-13-30-24-19(15-25)8-11-21(27-24)18-6-9-20(29-3)10-7-18/h4-11,14H,12-13H2,1-3H3,(H,26,28). The van der Waals surface area contributed by atoms with Gasteiger partial charge in [-0.25, -0.2) is 4.98 Å². The second-order valence-electron chi connectivity index (χ2n) is 6.85. The van der Waals surface area contributed by atoms with E-state index >= 15 is 0 Å². The van der Waals surface area contributed by atoms with Crippen molar-refractivity contribution in [3.8, 4) is 23.1 Å². The number of hydrogen-bond donors (Lipinski definition) is 1. The van der Waals surface area contributed by atoms with Gasteiger partial charge in [-0.3, -0.25) is 4.79 Å². The molecule has 152 valence electrons. The summed E-state index contributed by atoms with van der Waals surface area (Å²) in [5.74, 6) is 1.25. The van der Waals surface area contributed by atoms with Gasteiger partial charge >= 0.3 is 0 Å². The van der Waals surface area contributed by atoms with Gasteiger partial charge in [0.25, 0.3) is 0 Å². The minimum absolute atomic E-state index is 0.0546. The average molecular weight is 418 g/mol. The van der Waals surface area contributed by atoms with Crippen molar-refractivity contribution in [2.75, 3.05) is 18.2 Å². The fourth-order valence-electron chi connectivity index (χ4n) is 2.88. The van der Waals surface area contributed by atoms with Crippen LogP contribution in [0, 0.1) is 25.2 Å². The van der Waals surface area contributed by atoms with E-state index in [1.165, 1.54) is 11.8 Å². The van der Waals surface area contributed by atoms with Gasteiger partial charge in [0.2, 0.25) is 5.91 Å². The molecule has 0 unspecified atom stereocenters. The van der Waals surface area contributed by atoms with Crippen LogP contribution in [0.2, 0.25) is 0 Å². The molecule has 0 spiro atoms. The van der Waals surface area contributed by atoms with Gasteiger partial charge < -0.3 is 10.1 Å². The monoisotopic (exact) mass is 417 g/mol. The molecule has 1 amide bonds. The summed E-state index contributed by atoms with van der Waals surface area (Å²) in [5, 5.41) is 13.0. The maximum absolute atomic E-state index is 12.3. The van der Waals surface area contributed by atoms with Crippen LogP contribution in [0.4, 0.5) is 5.69 Å². The molecule has 5 nitrogen and oxygen atoms in total. The molecule has 0 fully saturated rings. The van der Waals surface area contributed by atoms with Crippen LogP contribution in [0.25, 0.3) is 11.3 Å². The van der Waals surface area contributed by atoms with E-state index < -0.39 is 0 Å². The summed E-state index contributed by atoms with van der Waals surface area (Å²) in [6.07, 6.45) is 0.331. The summed E-state index contributed by atoms with van der Waals surface area (Å²) >= 11 is 1.42. The summed E-state index contributed by atoms with van der Waals surface area (Å²) in [7, 11) is 1.63. The van der Waals surface area contributed by atoms with Crippen LogP contribution in [-0.4, -0.2) is 23.8 Å². The zero-order chi connectivity index (χ0) is 21.5. The summed E-state index contributed by atoms with van der Waals surface area (Å²) < 4.78 is 5.19. The van der Waals surface area contributed by atoms with Gasteiger partial charge in [0, 0.05) is 23.4 Å². The number of ether oxygens (including phenoxy) is 1. The molecule has 3 aromatic rings. The zero-order valence-electron chi connectivity index (χ0n) is 17.2. The molecular weight excluding hydrogens is 394 g/mol. The minimum Gasteiger partial charge on any atom is -0.497 e. The van der Waals surface area contributed by atoms with E-state index in [2.05, 4.69) is 16.4 Å². The number of benzene rings is 2. The number of rotatable bonds is 7. The smallest absolute Gasteiger partial charge is 0.225 e. The maximum atomic E-state index is 12.3. The molecule has 0 saturated carbocycles. The van der Waals surface area contributed by atoms with Crippen molar-refractivity contribution in [2.24, 2.45) is 0 Å². The Morgan fingerprint density at radius 2 is 1.90 bits per heavy atom. The van der Waals surface area contributed by atoms with Crippen LogP contribution < -0.4 is 10.1 Å². The second kappa shape index (κ2) is 9.95. The number of aryl methyl sites for hydroxylation is 2. The molecule has 0 saturated heterocycles. The third-order valence-corrected chi connectivity index (χ3v) is 5.59. The second-order valence-corrected chi connectivity index (χ2v) is 7.94. The molecule has 0 aliphatic carbocycles. The molecule has 0 atom stereocenters. The van der Waals surface area contributed by atoms with Gasteiger partial charge in [0.1, 0.15) is 16.8 Å². The molecule has 1 aromatic heterocycles. The molecule has 3 rings (SSSR count). The Morgan fingerprint density at radius 3 is 2.60 bits per heavy atom. The van der Waals surface area contributed by atoms with Crippen LogP contribution in [0.15, 0.2) is 59.6 Å². The highest BCUT2D eigenvalue weighted by Gasteiger charge is 2.11. The van der Waals surface area contributed by atoms with E-state index in [9.17, 15) is 10.1 Å². The number of aromatic nitrogens is 1. The van der Waals surface area contributed by atoms with Crippen LogP contribution >= 0.6 is 11.8 Å². The Labute approximate surface area is 181 Å². The lowest BCUT2D eigenvalue weighted by molar-refractivity contribution is -0.115. The maximum Gasteiger partial charge on any atom is 0.225 e. The first-order valence-electron chi connectivity index (χ1n) is 9.55. The normalized spacial score (nSPS) is 10.3. The van der Waals surface area contributed by atoms with Crippen molar-refractivity contribution in [3.05, 3.63) is 71.3 Å². The highest BCUT2D eigenvalue weighted by atomic mass is 32.2. The lowest BCUT2D eigenvalue weighted by Crippen LogP contribution is -2.13. The van der Waals surface area contributed by atoms with Gasteiger partial charge in [0.05, 0.1) is 18.4 Å². The van der Waals surface area contributed by atoms with E-state index in [-0.39, 0.29) is 5.91 Å². The van der Waals surface area contributed by atoms with Gasteiger partial charge in [-0.05, 0) is 67.4 Å². The lowest BCUT2D eigenvalue weighted by Gasteiger charge is -2.10. The molecule has 2 aromatic carbocycles. The van der Waals surface area contributed by atoms with Gasteiger partial charge in [-0.2, -0.15) is 5.26 Å². The number of nitrogens with zero attached hydrogens (tertiary/aromatic N) is 2. The molecule has 0 aliphatic rings. The van der Waals surface area contributed by atoms with E-state index in [0.29, 0.717) is 22.8 Å². The number of carbonyl (C=O) groups is 1. The number of nitrogens with one attached hydrogen (secondary N) is 1. The van der Waals surface area contributed by atoms with E-state index in [4.69, 9.17) is 4.74 Å². The first-order chi connectivity index (χ1) is 14.5. The fourth-order valence-corrected chi connectivity index (χ4v) is 3.79. The summed E-state index contributed by atoms with van der Waals surface area (Å²) in [4.78, 5) is 17.0. The van der Waals surface area contributed by atoms with Crippen LogP contribution in [-0.2, 0) is 4.79 Å². The summed E-state index contributed by atoms with van der Waals surface area (Å²) in [6.45, 7) is 3.97. The number of thioether (sulfide) groups is 1. The molecule has 6 heteroatoms. The third-order valence-electron chi connectivity index (χ3n) is 4.60. The van der Waals surface area contributed by atoms with Crippen LogP contribution in [0.1, 0.15) is 23.1 Å². The largest absolute Gasteiger partial charge is 0.497 e. The highest BCUT2D eigenvalue weighted by Crippen LogP contribution is 2.27. The minimum atomic E-state index is -0.0546. The average Bonchev–Trinajstić information content (AvgIpc) is 2.76. The topological polar surface area (TPSA) is 75.0 Å². The first kappa shape index (κ1) is 21.4. The van der Waals surface area contributed by atoms with Crippen molar-refractivity contribution >= 4 is 23.4 Å². The SMILES string of the molecule is COc1ccc(-c2ccc(C#N)c(SCCC(=O)Nc3cc(C)ccc3C)n2)cc1. The van der Waals surface area contributed by atoms with Crippen molar-refractivity contribution in [1.82, 2.24) is 4.98 Å². The zero-order valence-corrected chi connectivity index (χ0v) is 18.0. The van der Waals surface area contributed by atoms with Crippen molar-refractivity contribution in [2.45, 2.75) is 25.3 Å². The molecule has 1 N–H and O–H groups in total. The Balaban J connectivity index is 1.66. The Kier molecular flexibility index (Phi) is 7.10. The Morgan fingerprint density at radius 1 is 1.13 bits per heavy atom. The fraction of sp³-hybridized carbons (Fsp3) is 0.208. The van der Waals surface area contributed by atoms with Gasteiger partial charge in [-0.1, -0.05) is 12.1 Å². The first-order valence-corrected chi connectivity index (χ1v) is 10.5. The molecule has 0 bridgehead atoms. The molecule has 30 heavy (non-hydrogen) atoms. The summed E-state index contributed by atoms with van der Waals surface area (Å²) in [5.41, 5.74) is 5.19. The van der Waals surface area contributed by atoms with Gasteiger partial charge in [-0.15, -0.1) is 11.8 Å². The van der Waals surface area contributed by atoms with Crippen molar-refractivity contribution in [1.29, 1.82) is 5.26 Å². The molecule has 1 heterocycles. The van der Waals surface area contributed by atoms with E-state index in [1.54, 1.807) is 13.2 Å². The molecular formula is C24H23N3O2S. The quantitative estimate of drug-likeness (QED) is 0.523. The van der Waals surface area contributed by atoms with Crippen LogP contribution in [0.3, 0.4) is 0 Å². The number of pyridine rings is 1. The highest BCUT2D eigenvalue weighted by molar-refractivity contribution is 7.99. The van der Waals surface area contributed by atoms with Crippen LogP contribution in [0.5, 0.6) is 5.75 Å². The Hall–Kier alpha value is -3.30. The van der Waals surface area contributed by atoms with Crippen molar-refractivity contribution < 1.29 is 9.53 Å². The predicted octanol–water partition coefficient (Wildman–Crippen LogP) is 5.37. The van der Waals surface area contributed by atoms with Gasteiger partial charge in [0.15, 0.2) is 0 Å². The number of amides is 1. The number of anilines is 1. The molecule has 0 radical (unpaired) electrons. The predicted molar refractivity (Wildman–Crippen MR) is 121 cm³/mol. The lowest BCUT2D eigenvalue weighted by atomic mass is 10.1. The number of carbonyl (C=O) groups excluding carboxylic acids is 1. The van der Waals surface area contributed by atoms with E-state index in [0.717, 1.165) is 33.8 Å². The number of nitriles is 1. The van der Waals surface area contributed by atoms with E-state index in [1.807, 2.05) is 62.4 Å².